The fraction of sp³-hybridized carbons (Fsp3) is 0.542. The number of rotatable bonds is 4. The van der Waals surface area contributed by atoms with E-state index in [0.29, 0.717) is 19.6 Å². The monoisotopic (exact) mass is 421 g/mol. The maximum Gasteiger partial charge on any atom is 0.317 e. The van der Waals surface area contributed by atoms with Gasteiger partial charge in [-0.2, -0.15) is 0 Å². The Kier molecular flexibility index (Phi) is 5.71. The third-order valence-corrected chi connectivity index (χ3v) is 6.60. The number of nitrogens with zero attached hydrogens (tertiary/aromatic N) is 3. The highest BCUT2D eigenvalue weighted by Gasteiger charge is 2.41. The summed E-state index contributed by atoms with van der Waals surface area (Å²) in [6.07, 6.45) is 11.1. The van der Waals surface area contributed by atoms with E-state index in [2.05, 4.69) is 47.1 Å². The molecule has 4 rings (SSSR count). The van der Waals surface area contributed by atoms with E-state index in [1.54, 1.807) is 12.3 Å². The standard InChI is InChI=1S/C24H31N5O2/c1-23(2)11-18(28-16-30)12-24(3,14-23)15-27-22(31)29-9-6-17(7-10-29)19-13-26-20-5-4-8-25-21(19)20/h4-6,8,13,18,26H,7,9-12,14-15H2,1-3H3,(H,27,31). The van der Waals surface area contributed by atoms with Gasteiger partial charge in [-0.1, -0.05) is 26.8 Å². The Bertz CT molecular complexity index is 1050. The second-order valence-electron chi connectivity index (χ2n) is 10.1. The zero-order valence-electron chi connectivity index (χ0n) is 18.6. The van der Waals surface area contributed by atoms with Crippen molar-refractivity contribution in [3.63, 3.8) is 0 Å². The Labute approximate surface area is 183 Å². The number of isocyanates is 1. The molecule has 1 aliphatic heterocycles. The number of aromatic nitrogens is 2. The van der Waals surface area contributed by atoms with Gasteiger partial charge in [-0.25, -0.2) is 14.6 Å². The number of carbonyl (C=O) groups excluding carboxylic acids is 2. The predicted molar refractivity (Wildman–Crippen MR) is 121 cm³/mol. The predicted octanol–water partition coefficient (Wildman–Crippen LogP) is 4.28. The van der Waals surface area contributed by atoms with Crippen molar-refractivity contribution in [2.24, 2.45) is 15.8 Å². The molecule has 2 unspecified atom stereocenters. The van der Waals surface area contributed by atoms with E-state index >= 15 is 0 Å². The molecule has 1 aliphatic carbocycles. The number of aliphatic imine (C=N–C) groups is 1. The van der Waals surface area contributed by atoms with Gasteiger partial charge in [-0.15, -0.1) is 0 Å². The molecule has 0 aromatic carbocycles. The van der Waals surface area contributed by atoms with Gasteiger partial charge in [0, 0.05) is 37.6 Å². The highest BCUT2D eigenvalue weighted by molar-refractivity contribution is 5.90. The molecule has 31 heavy (non-hydrogen) atoms. The van der Waals surface area contributed by atoms with Crippen LogP contribution >= 0.6 is 0 Å². The molecule has 164 valence electrons. The Morgan fingerprint density at radius 1 is 1.39 bits per heavy atom. The first kappa shape index (κ1) is 21.3. The second-order valence-corrected chi connectivity index (χ2v) is 10.1. The van der Waals surface area contributed by atoms with Crippen molar-refractivity contribution in [3.8, 4) is 0 Å². The molecule has 2 amide bonds. The van der Waals surface area contributed by atoms with Gasteiger partial charge in [0.2, 0.25) is 6.08 Å². The first-order valence-electron chi connectivity index (χ1n) is 11.0. The van der Waals surface area contributed by atoms with Crippen LogP contribution in [-0.4, -0.2) is 52.7 Å². The van der Waals surface area contributed by atoms with Crippen LogP contribution in [0.4, 0.5) is 4.79 Å². The summed E-state index contributed by atoms with van der Waals surface area (Å²) in [5, 5.41) is 3.14. The lowest BCUT2D eigenvalue weighted by atomic mass is 9.63. The second kappa shape index (κ2) is 8.31. The van der Waals surface area contributed by atoms with E-state index in [4.69, 9.17) is 0 Å². The minimum Gasteiger partial charge on any atom is -0.359 e. The molecular formula is C24H31N5O2. The minimum absolute atomic E-state index is 0.0200. The lowest BCUT2D eigenvalue weighted by molar-refractivity contribution is 0.0833. The van der Waals surface area contributed by atoms with Gasteiger partial charge in [0.05, 0.1) is 17.1 Å². The van der Waals surface area contributed by atoms with E-state index in [9.17, 15) is 9.59 Å². The molecule has 2 aromatic heterocycles. The van der Waals surface area contributed by atoms with E-state index < -0.39 is 0 Å². The summed E-state index contributed by atoms with van der Waals surface area (Å²) in [5.41, 5.74) is 4.35. The van der Waals surface area contributed by atoms with Crippen molar-refractivity contribution in [3.05, 3.63) is 36.2 Å². The molecule has 7 heteroatoms. The van der Waals surface area contributed by atoms with Crippen LogP contribution in [0, 0.1) is 10.8 Å². The Hall–Kier alpha value is -2.92. The number of H-pyrrole nitrogens is 1. The number of nitrogens with one attached hydrogen (secondary N) is 2. The number of hydrogen-bond donors (Lipinski definition) is 2. The van der Waals surface area contributed by atoms with Crippen LogP contribution in [0.2, 0.25) is 0 Å². The quantitative estimate of drug-likeness (QED) is 0.570. The smallest absolute Gasteiger partial charge is 0.317 e. The van der Waals surface area contributed by atoms with Crippen LogP contribution in [0.25, 0.3) is 16.6 Å². The average molecular weight is 422 g/mol. The maximum atomic E-state index is 12.8. The van der Waals surface area contributed by atoms with Crippen molar-refractivity contribution in [1.29, 1.82) is 0 Å². The first-order valence-corrected chi connectivity index (χ1v) is 11.0. The number of fused-ring (bicyclic) bond motifs is 1. The SMILES string of the molecule is CC1(C)CC(N=C=O)CC(C)(CNC(=O)N2CC=C(c3c[nH]c4cccnc34)CC2)C1. The topological polar surface area (TPSA) is 90.5 Å². The summed E-state index contributed by atoms with van der Waals surface area (Å²) in [4.78, 5) is 37.2. The minimum atomic E-state index is -0.0884. The third-order valence-electron chi connectivity index (χ3n) is 6.60. The lowest BCUT2D eigenvalue weighted by Crippen LogP contribution is -2.48. The molecule has 0 saturated heterocycles. The van der Waals surface area contributed by atoms with Crippen LogP contribution in [0.1, 0.15) is 52.0 Å². The van der Waals surface area contributed by atoms with Gasteiger partial charge in [-0.3, -0.25) is 4.98 Å². The highest BCUT2D eigenvalue weighted by atomic mass is 16.2. The van der Waals surface area contributed by atoms with E-state index in [1.165, 1.54) is 5.57 Å². The highest BCUT2D eigenvalue weighted by Crippen LogP contribution is 2.46. The Morgan fingerprint density at radius 2 is 2.23 bits per heavy atom. The van der Waals surface area contributed by atoms with Crippen molar-refractivity contribution >= 4 is 28.7 Å². The van der Waals surface area contributed by atoms with Crippen LogP contribution in [0.3, 0.4) is 0 Å². The van der Waals surface area contributed by atoms with E-state index in [-0.39, 0.29) is 22.9 Å². The van der Waals surface area contributed by atoms with Crippen molar-refractivity contribution in [2.75, 3.05) is 19.6 Å². The molecule has 2 atom stereocenters. The van der Waals surface area contributed by atoms with Gasteiger partial charge >= 0.3 is 6.03 Å². The molecule has 0 bridgehead atoms. The van der Waals surface area contributed by atoms with Gasteiger partial charge in [0.1, 0.15) is 0 Å². The van der Waals surface area contributed by atoms with Crippen LogP contribution in [0.5, 0.6) is 0 Å². The van der Waals surface area contributed by atoms with Crippen LogP contribution in [0.15, 0.2) is 35.6 Å². The first-order chi connectivity index (χ1) is 14.8. The van der Waals surface area contributed by atoms with Crippen LogP contribution in [-0.2, 0) is 4.79 Å². The number of aromatic amines is 1. The Balaban J connectivity index is 1.37. The summed E-state index contributed by atoms with van der Waals surface area (Å²) >= 11 is 0. The molecule has 1 fully saturated rings. The number of pyridine rings is 1. The number of urea groups is 1. The average Bonchev–Trinajstić information content (AvgIpc) is 3.15. The normalized spacial score (nSPS) is 25.6. The van der Waals surface area contributed by atoms with Crippen LogP contribution < -0.4 is 5.32 Å². The third kappa shape index (κ3) is 4.72. The number of carbonyl (C=O) groups is 1. The lowest BCUT2D eigenvalue weighted by Gasteiger charge is -2.45. The molecule has 3 heterocycles. The largest absolute Gasteiger partial charge is 0.359 e. The van der Waals surface area contributed by atoms with Gasteiger partial charge in [0.15, 0.2) is 0 Å². The molecule has 0 radical (unpaired) electrons. The fourth-order valence-electron chi connectivity index (χ4n) is 5.58. The fourth-order valence-corrected chi connectivity index (χ4v) is 5.58. The molecular weight excluding hydrogens is 390 g/mol. The zero-order valence-corrected chi connectivity index (χ0v) is 18.6. The van der Waals surface area contributed by atoms with Crippen molar-refractivity contribution in [1.82, 2.24) is 20.2 Å². The summed E-state index contributed by atoms with van der Waals surface area (Å²) < 4.78 is 0. The summed E-state index contributed by atoms with van der Waals surface area (Å²) in [6, 6.07) is 3.89. The van der Waals surface area contributed by atoms with Gasteiger partial charge in [0.25, 0.3) is 0 Å². The number of hydrogen-bond acceptors (Lipinski definition) is 4. The summed E-state index contributed by atoms with van der Waals surface area (Å²) in [5.74, 6) is 0. The molecule has 2 N–H and O–H groups in total. The maximum absolute atomic E-state index is 12.8. The number of amides is 2. The molecule has 2 aliphatic rings. The molecule has 1 saturated carbocycles. The zero-order chi connectivity index (χ0) is 22.1. The van der Waals surface area contributed by atoms with Gasteiger partial charge in [-0.05, 0) is 54.2 Å². The molecule has 7 nitrogen and oxygen atoms in total. The summed E-state index contributed by atoms with van der Waals surface area (Å²) in [6.45, 7) is 8.43. The van der Waals surface area contributed by atoms with Crippen molar-refractivity contribution < 1.29 is 9.59 Å². The van der Waals surface area contributed by atoms with Gasteiger partial charge < -0.3 is 15.2 Å². The van der Waals surface area contributed by atoms with Crippen molar-refractivity contribution in [2.45, 2.75) is 52.5 Å². The summed E-state index contributed by atoms with van der Waals surface area (Å²) in [7, 11) is 0. The van der Waals surface area contributed by atoms with E-state index in [1.807, 2.05) is 23.2 Å². The Morgan fingerprint density at radius 3 is 2.97 bits per heavy atom. The molecule has 2 aromatic rings. The molecule has 0 spiro atoms. The van der Waals surface area contributed by atoms with E-state index in [0.717, 1.165) is 42.3 Å².